The quantitative estimate of drug-likeness (QED) is 0.629. The molecule has 0 saturated carbocycles. The van der Waals surface area contributed by atoms with Crippen LogP contribution in [0.1, 0.15) is 58.8 Å². The predicted octanol–water partition coefficient (Wildman–Crippen LogP) is 3.01. The van der Waals surface area contributed by atoms with Gasteiger partial charge in [-0.25, -0.2) is 0 Å². The van der Waals surface area contributed by atoms with Crippen LogP contribution in [-0.2, 0) is 4.79 Å². The summed E-state index contributed by atoms with van der Waals surface area (Å²) in [5.74, 6) is 0.449. The smallest absolute Gasteiger partial charge is 0.135 e. The third-order valence-electron chi connectivity index (χ3n) is 3.45. The summed E-state index contributed by atoms with van der Waals surface area (Å²) in [5, 5.41) is 0. The van der Waals surface area contributed by atoms with Gasteiger partial charge in [0.15, 0.2) is 0 Å². The zero-order valence-corrected chi connectivity index (χ0v) is 10.3. The highest BCUT2D eigenvalue weighted by molar-refractivity contribution is 5.79. The van der Waals surface area contributed by atoms with Crippen molar-refractivity contribution in [1.82, 2.24) is 4.90 Å². The number of hydrogen-bond acceptors (Lipinski definition) is 2. The molecular weight excluding hydrogens is 186 g/mol. The van der Waals surface area contributed by atoms with Gasteiger partial charge in [0, 0.05) is 32.0 Å². The third kappa shape index (κ3) is 4.78. The van der Waals surface area contributed by atoms with Crippen LogP contribution in [0, 0.1) is 0 Å². The largest absolute Gasteiger partial charge is 0.300 e. The van der Waals surface area contributed by atoms with Crippen LogP contribution < -0.4 is 0 Å². The van der Waals surface area contributed by atoms with Crippen molar-refractivity contribution in [2.45, 2.75) is 64.8 Å². The number of ketones is 1. The number of nitrogens with zero attached hydrogens (tertiary/aromatic N) is 1. The normalized spacial score (nSPS) is 20.5. The fraction of sp³-hybridized carbons (Fsp3) is 0.923. The monoisotopic (exact) mass is 211 g/mol. The summed E-state index contributed by atoms with van der Waals surface area (Å²) in [6, 6.07) is 0.676. The van der Waals surface area contributed by atoms with E-state index in [1.54, 1.807) is 0 Å². The van der Waals surface area contributed by atoms with Crippen molar-refractivity contribution >= 4 is 5.78 Å². The first-order valence-corrected chi connectivity index (χ1v) is 6.49. The highest BCUT2D eigenvalue weighted by Crippen LogP contribution is 2.14. The molecule has 0 amide bonds. The van der Waals surface area contributed by atoms with E-state index in [9.17, 15) is 4.79 Å². The second-order valence-electron chi connectivity index (χ2n) is 4.77. The van der Waals surface area contributed by atoms with Crippen molar-refractivity contribution in [2.75, 3.05) is 13.1 Å². The first-order valence-electron chi connectivity index (χ1n) is 6.49. The maximum Gasteiger partial charge on any atom is 0.135 e. The molecule has 1 unspecified atom stereocenters. The van der Waals surface area contributed by atoms with Gasteiger partial charge in [0.25, 0.3) is 0 Å². The number of rotatable bonds is 6. The fourth-order valence-corrected chi connectivity index (χ4v) is 2.26. The van der Waals surface area contributed by atoms with Crippen LogP contribution >= 0.6 is 0 Å². The van der Waals surface area contributed by atoms with Crippen LogP contribution in [0.2, 0.25) is 0 Å². The number of piperidine rings is 1. The van der Waals surface area contributed by atoms with Crippen LogP contribution in [0.3, 0.4) is 0 Å². The van der Waals surface area contributed by atoms with E-state index in [1.165, 1.54) is 32.1 Å². The molecule has 0 aromatic carbocycles. The molecule has 1 atom stereocenters. The van der Waals surface area contributed by atoms with Gasteiger partial charge in [-0.2, -0.15) is 0 Å². The number of likely N-dealkylation sites (tertiary alicyclic amines) is 1. The standard InChI is InChI=1S/C13H25NO/c1-3-4-5-6-7-12(2)14-10-8-13(15)9-11-14/h12H,3-11H2,1-2H3. The molecule has 1 rings (SSSR count). The molecule has 2 heteroatoms. The van der Waals surface area contributed by atoms with E-state index < -0.39 is 0 Å². The lowest BCUT2D eigenvalue weighted by atomic mass is 10.0. The van der Waals surface area contributed by atoms with Crippen molar-refractivity contribution in [3.63, 3.8) is 0 Å². The van der Waals surface area contributed by atoms with Crippen molar-refractivity contribution in [3.8, 4) is 0 Å². The summed E-state index contributed by atoms with van der Waals surface area (Å²) < 4.78 is 0. The van der Waals surface area contributed by atoms with Gasteiger partial charge in [-0.05, 0) is 13.3 Å². The van der Waals surface area contributed by atoms with E-state index in [4.69, 9.17) is 0 Å². The Morgan fingerprint density at radius 1 is 1.20 bits per heavy atom. The van der Waals surface area contributed by atoms with E-state index in [0.29, 0.717) is 11.8 Å². The van der Waals surface area contributed by atoms with E-state index in [-0.39, 0.29) is 0 Å². The lowest BCUT2D eigenvalue weighted by molar-refractivity contribution is -0.121. The summed E-state index contributed by atoms with van der Waals surface area (Å²) in [6.07, 6.45) is 8.25. The Labute approximate surface area is 94.0 Å². The minimum atomic E-state index is 0.449. The molecule has 88 valence electrons. The van der Waals surface area contributed by atoms with Crippen LogP contribution in [0.25, 0.3) is 0 Å². The Bertz CT molecular complexity index is 181. The average Bonchev–Trinajstić information content (AvgIpc) is 2.25. The highest BCUT2D eigenvalue weighted by Gasteiger charge is 2.19. The van der Waals surface area contributed by atoms with Crippen LogP contribution in [0.15, 0.2) is 0 Å². The molecular formula is C13H25NO. The van der Waals surface area contributed by atoms with Crippen LogP contribution in [0.4, 0.5) is 0 Å². The number of hydrogen-bond donors (Lipinski definition) is 0. The summed E-state index contributed by atoms with van der Waals surface area (Å²) in [7, 11) is 0. The Hall–Kier alpha value is -0.370. The molecule has 0 aromatic rings. The molecule has 0 radical (unpaired) electrons. The van der Waals surface area contributed by atoms with Gasteiger partial charge in [-0.15, -0.1) is 0 Å². The van der Waals surface area contributed by atoms with E-state index >= 15 is 0 Å². The molecule has 1 fully saturated rings. The van der Waals surface area contributed by atoms with Gasteiger partial charge in [0.05, 0.1) is 0 Å². The molecule has 0 bridgehead atoms. The molecule has 0 aromatic heterocycles. The molecule has 1 aliphatic rings. The van der Waals surface area contributed by atoms with Crippen molar-refractivity contribution in [2.24, 2.45) is 0 Å². The number of carbonyl (C=O) groups excluding carboxylic acids is 1. The van der Waals surface area contributed by atoms with E-state index in [1.807, 2.05) is 0 Å². The minimum Gasteiger partial charge on any atom is -0.300 e. The summed E-state index contributed by atoms with van der Waals surface area (Å²) >= 11 is 0. The lowest BCUT2D eigenvalue weighted by Gasteiger charge is -2.31. The summed E-state index contributed by atoms with van der Waals surface area (Å²) in [4.78, 5) is 13.6. The lowest BCUT2D eigenvalue weighted by Crippen LogP contribution is -2.40. The average molecular weight is 211 g/mol. The Morgan fingerprint density at radius 3 is 2.47 bits per heavy atom. The molecule has 2 nitrogen and oxygen atoms in total. The fourth-order valence-electron chi connectivity index (χ4n) is 2.26. The zero-order chi connectivity index (χ0) is 11.1. The third-order valence-corrected chi connectivity index (χ3v) is 3.45. The van der Waals surface area contributed by atoms with Crippen LogP contribution in [-0.4, -0.2) is 29.8 Å². The maximum absolute atomic E-state index is 11.1. The number of Topliss-reactive ketones (excluding diaryl/α,β-unsaturated/α-hetero) is 1. The molecule has 1 saturated heterocycles. The van der Waals surface area contributed by atoms with E-state index in [2.05, 4.69) is 18.7 Å². The molecule has 0 N–H and O–H groups in total. The zero-order valence-electron chi connectivity index (χ0n) is 10.3. The molecule has 1 aliphatic heterocycles. The Kier molecular flexibility index (Phi) is 5.92. The summed E-state index contributed by atoms with van der Waals surface area (Å²) in [5.41, 5.74) is 0. The first kappa shape index (κ1) is 12.7. The Balaban J connectivity index is 2.11. The van der Waals surface area contributed by atoms with Gasteiger partial charge < -0.3 is 0 Å². The molecule has 0 aliphatic carbocycles. The first-order chi connectivity index (χ1) is 7.24. The van der Waals surface area contributed by atoms with Gasteiger partial charge in [0.2, 0.25) is 0 Å². The van der Waals surface area contributed by atoms with Crippen LogP contribution in [0.5, 0.6) is 0 Å². The number of carbonyl (C=O) groups is 1. The second-order valence-corrected chi connectivity index (χ2v) is 4.77. The second kappa shape index (κ2) is 7.00. The predicted molar refractivity (Wildman–Crippen MR) is 64.0 cm³/mol. The molecule has 1 heterocycles. The SMILES string of the molecule is CCCCCCC(C)N1CCC(=O)CC1. The molecule has 0 spiro atoms. The van der Waals surface area contributed by atoms with Gasteiger partial charge in [-0.3, -0.25) is 9.69 Å². The maximum atomic E-state index is 11.1. The number of unbranched alkanes of at least 4 members (excludes halogenated alkanes) is 3. The summed E-state index contributed by atoms with van der Waals surface area (Å²) in [6.45, 7) is 6.54. The van der Waals surface area contributed by atoms with Gasteiger partial charge in [-0.1, -0.05) is 32.6 Å². The topological polar surface area (TPSA) is 20.3 Å². The minimum absolute atomic E-state index is 0.449. The van der Waals surface area contributed by atoms with Gasteiger partial charge in [0.1, 0.15) is 5.78 Å². The Morgan fingerprint density at radius 2 is 1.87 bits per heavy atom. The van der Waals surface area contributed by atoms with Crippen molar-refractivity contribution in [3.05, 3.63) is 0 Å². The van der Waals surface area contributed by atoms with Crippen molar-refractivity contribution in [1.29, 1.82) is 0 Å². The van der Waals surface area contributed by atoms with Crippen molar-refractivity contribution < 1.29 is 4.79 Å². The van der Waals surface area contributed by atoms with Gasteiger partial charge >= 0.3 is 0 Å². The van der Waals surface area contributed by atoms with E-state index in [0.717, 1.165) is 25.9 Å². The highest BCUT2D eigenvalue weighted by atomic mass is 16.1. The molecule has 15 heavy (non-hydrogen) atoms.